The molecule has 0 unspecified atom stereocenters. The Bertz CT molecular complexity index is 405. The van der Waals surface area contributed by atoms with Crippen molar-refractivity contribution < 1.29 is 9.47 Å². The lowest BCUT2D eigenvalue weighted by molar-refractivity contribution is 0.0332. The molecular formula is C12H20N4O2. The molecule has 0 radical (unpaired) electrons. The summed E-state index contributed by atoms with van der Waals surface area (Å²) in [6.07, 6.45) is 0. The molecule has 0 bridgehead atoms. The summed E-state index contributed by atoms with van der Waals surface area (Å²) in [5.41, 5.74) is 6.76. The molecule has 2 rings (SSSR count). The standard InChI is InChI=1S/C12H20N4O2/c1-3-18-11-10(14-9(2)15-12(11)13)8-16-4-6-17-7-5-16/h3-8H2,1-2H3,(H2,13,14,15). The van der Waals surface area contributed by atoms with Crippen LogP contribution in [0.3, 0.4) is 0 Å². The molecule has 2 heterocycles. The van der Waals surface area contributed by atoms with Gasteiger partial charge in [-0.25, -0.2) is 9.97 Å². The number of morpholine rings is 1. The summed E-state index contributed by atoms with van der Waals surface area (Å²) in [7, 11) is 0. The molecule has 0 aliphatic carbocycles. The third-order valence-electron chi connectivity index (χ3n) is 2.84. The summed E-state index contributed by atoms with van der Waals surface area (Å²) in [5.74, 6) is 1.72. The van der Waals surface area contributed by atoms with Crippen LogP contribution in [0.15, 0.2) is 0 Å². The molecule has 0 saturated carbocycles. The molecular weight excluding hydrogens is 232 g/mol. The lowest BCUT2D eigenvalue weighted by Gasteiger charge is -2.27. The highest BCUT2D eigenvalue weighted by Crippen LogP contribution is 2.24. The van der Waals surface area contributed by atoms with Gasteiger partial charge in [-0.15, -0.1) is 0 Å². The topological polar surface area (TPSA) is 73.5 Å². The Labute approximate surface area is 107 Å². The number of rotatable bonds is 4. The van der Waals surface area contributed by atoms with E-state index < -0.39 is 0 Å². The number of hydrogen-bond donors (Lipinski definition) is 1. The third kappa shape index (κ3) is 3.08. The van der Waals surface area contributed by atoms with Crippen molar-refractivity contribution in [1.29, 1.82) is 0 Å². The van der Waals surface area contributed by atoms with Crippen molar-refractivity contribution in [2.45, 2.75) is 20.4 Å². The molecule has 0 aromatic carbocycles. The number of nitrogens with zero attached hydrogens (tertiary/aromatic N) is 3. The van der Waals surface area contributed by atoms with Gasteiger partial charge in [0.05, 0.1) is 19.8 Å². The van der Waals surface area contributed by atoms with Crippen LogP contribution in [-0.4, -0.2) is 47.8 Å². The van der Waals surface area contributed by atoms with Crippen molar-refractivity contribution in [3.05, 3.63) is 11.5 Å². The van der Waals surface area contributed by atoms with Crippen LogP contribution in [0.1, 0.15) is 18.4 Å². The van der Waals surface area contributed by atoms with Crippen molar-refractivity contribution in [3.8, 4) is 5.75 Å². The predicted octanol–water partition coefficient (Wildman–Crippen LogP) is 0.598. The summed E-state index contributed by atoms with van der Waals surface area (Å²) in [6, 6.07) is 0. The molecule has 2 N–H and O–H groups in total. The number of nitrogens with two attached hydrogens (primary N) is 1. The van der Waals surface area contributed by atoms with Gasteiger partial charge in [-0.2, -0.15) is 0 Å². The van der Waals surface area contributed by atoms with E-state index in [1.165, 1.54) is 0 Å². The Morgan fingerprint density at radius 3 is 2.72 bits per heavy atom. The molecule has 1 aliphatic heterocycles. The maximum absolute atomic E-state index is 5.89. The second-order valence-corrected chi connectivity index (χ2v) is 4.25. The maximum Gasteiger partial charge on any atom is 0.184 e. The van der Waals surface area contributed by atoms with Gasteiger partial charge >= 0.3 is 0 Å². The third-order valence-corrected chi connectivity index (χ3v) is 2.84. The van der Waals surface area contributed by atoms with Crippen LogP contribution >= 0.6 is 0 Å². The molecule has 0 amide bonds. The van der Waals surface area contributed by atoms with Crippen LogP contribution in [0, 0.1) is 6.92 Å². The van der Waals surface area contributed by atoms with E-state index in [0.29, 0.717) is 24.0 Å². The fourth-order valence-corrected chi connectivity index (χ4v) is 2.02. The van der Waals surface area contributed by atoms with E-state index in [1.54, 1.807) is 0 Å². The minimum absolute atomic E-state index is 0.424. The quantitative estimate of drug-likeness (QED) is 0.846. The Hall–Kier alpha value is -1.40. The van der Waals surface area contributed by atoms with Crippen LogP contribution in [-0.2, 0) is 11.3 Å². The first-order valence-electron chi connectivity index (χ1n) is 6.26. The second-order valence-electron chi connectivity index (χ2n) is 4.25. The van der Waals surface area contributed by atoms with Crippen LogP contribution in [0.2, 0.25) is 0 Å². The number of aromatic nitrogens is 2. The largest absolute Gasteiger partial charge is 0.488 e. The first-order valence-corrected chi connectivity index (χ1v) is 6.26. The van der Waals surface area contributed by atoms with E-state index in [-0.39, 0.29) is 0 Å². The average Bonchev–Trinajstić information content (AvgIpc) is 2.35. The molecule has 1 aliphatic rings. The Morgan fingerprint density at radius 2 is 2.06 bits per heavy atom. The zero-order chi connectivity index (χ0) is 13.0. The molecule has 100 valence electrons. The van der Waals surface area contributed by atoms with Gasteiger partial charge in [-0.05, 0) is 13.8 Å². The number of ether oxygens (including phenoxy) is 2. The number of nitrogen functional groups attached to an aromatic ring is 1. The van der Waals surface area contributed by atoms with E-state index in [4.69, 9.17) is 15.2 Å². The highest BCUT2D eigenvalue weighted by molar-refractivity contribution is 5.48. The Balaban J connectivity index is 2.18. The lowest BCUT2D eigenvalue weighted by Crippen LogP contribution is -2.36. The minimum atomic E-state index is 0.424. The first kappa shape index (κ1) is 13.0. The number of anilines is 1. The second kappa shape index (κ2) is 5.97. The SMILES string of the molecule is CCOc1c(N)nc(C)nc1CN1CCOCC1. The minimum Gasteiger partial charge on any atom is -0.488 e. The van der Waals surface area contributed by atoms with Crippen LogP contribution in [0.4, 0.5) is 5.82 Å². The fraction of sp³-hybridized carbons (Fsp3) is 0.667. The van der Waals surface area contributed by atoms with Crippen molar-refractivity contribution in [2.75, 3.05) is 38.6 Å². The zero-order valence-corrected chi connectivity index (χ0v) is 11.0. The molecule has 0 atom stereocenters. The number of hydrogen-bond acceptors (Lipinski definition) is 6. The summed E-state index contributed by atoms with van der Waals surface area (Å²) in [6.45, 7) is 8.42. The van der Waals surface area contributed by atoms with Crippen LogP contribution in [0.5, 0.6) is 5.75 Å². The normalized spacial score (nSPS) is 16.8. The van der Waals surface area contributed by atoms with E-state index in [0.717, 1.165) is 38.5 Å². The predicted molar refractivity (Wildman–Crippen MR) is 68.4 cm³/mol. The summed E-state index contributed by atoms with van der Waals surface area (Å²) in [5, 5.41) is 0. The molecule has 6 heteroatoms. The van der Waals surface area contributed by atoms with Crippen molar-refractivity contribution >= 4 is 5.82 Å². The Kier molecular flexibility index (Phi) is 4.33. The van der Waals surface area contributed by atoms with Crippen molar-refractivity contribution in [2.24, 2.45) is 0 Å². The molecule has 18 heavy (non-hydrogen) atoms. The van der Waals surface area contributed by atoms with Gasteiger partial charge in [0.2, 0.25) is 0 Å². The van der Waals surface area contributed by atoms with E-state index in [1.807, 2.05) is 13.8 Å². The zero-order valence-electron chi connectivity index (χ0n) is 11.0. The van der Waals surface area contributed by atoms with Crippen molar-refractivity contribution in [1.82, 2.24) is 14.9 Å². The molecule has 1 fully saturated rings. The van der Waals surface area contributed by atoms with Crippen LogP contribution in [0.25, 0.3) is 0 Å². The molecule has 0 spiro atoms. The summed E-state index contributed by atoms with van der Waals surface area (Å²) in [4.78, 5) is 10.9. The Morgan fingerprint density at radius 1 is 1.33 bits per heavy atom. The summed E-state index contributed by atoms with van der Waals surface area (Å²) < 4.78 is 10.9. The summed E-state index contributed by atoms with van der Waals surface area (Å²) >= 11 is 0. The number of aryl methyl sites for hydroxylation is 1. The molecule has 6 nitrogen and oxygen atoms in total. The van der Waals surface area contributed by atoms with Gasteiger partial charge in [0.15, 0.2) is 11.6 Å². The van der Waals surface area contributed by atoms with E-state index in [2.05, 4.69) is 14.9 Å². The molecule has 1 saturated heterocycles. The van der Waals surface area contributed by atoms with Gasteiger partial charge in [-0.1, -0.05) is 0 Å². The molecule has 1 aromatic rings. The monoisotopic (exact) mass is 252 g/mol. The van der Waals surface area contributed by atoms with E-state index in [9.17, 15) is 0 Å². The van der Waals surface area contributed by atoms with Gasteiger partial charge in [0, 0.05) is 19.6 Å². The fourth-order valence-electron chi connectivity index (χ4n) is 2.02. The van der Waals surface area contributed by atoms with Crippen LogP contribution < -0.4 is 10.5 Å². The average molecular weight is 252 g/mol. The highest BCUT2D eigenvalue weighted by atomic mass is 16.5. The van der Waals surface area contributed by atoms with Crippen molar-refractivity contribution in [3.63, 3.8) is 0 Å². The maximum atomic E-state index is 5.89. The first-order chi connectivity index (χ1) is 8.70. The van der Waals surface area contributed by atoms with E-state index >= 15 is 0 Å². The van der Waals surface area contributed by atoms with Gasteiger partial charge in [0.1, 0.15) is 11.5 Å². The lowest BCUT2D eigenvalue weighted by atomic mass is 10.3. The van der Waals surface area contributed by atoms with Gasteiger partial charge < -0.3 is 15.2 Å². The highest BCUT2D eigenvalue weighted by Gasteiger charge is 2.17. The molecule has 1 aromatic heterocycles. The van der Waals surface area contributed by atoms with Gasteiger partial charge in [-0.3, -0.25) is 4.90 Å². The van der Waals surface area contributed by atoms with Gasteiger partial charge in [0.25, 0.3) is 0 Å². The smallest absolute Gasteiger partial charge is 0.184 e.